The lowest BCUT2D eigenvalue weighted by molar-refractivity contribution is -0.143. The van der Waals surface area contributed by atoms with Crippen molar-refractivity contribution in [3.63, 3.8) is 0 Å². The number of esters is 2. The number of carbonyl (C=O) groups excluding carboxylic acids is 4. The number of methoxy groups -OCH3 is 4. The summed E-state index contributed by atoms with van der Waals surface area (Å²) in [5, 5.41) is 0. The summed E-state index contributed by atoms with van der Waals surface area (Å²) in [5.74, 6) is -0.406. The standard InChI is InChI=1S/C27H28O10/c1-32-24-13-18(7-11-22(24)36-16-26(30)34-3)5-9-20(28)15-21(29)10-6-19-8-12-23(25(14-19)33-2)37-17-27(31)35-4/h5-14H,15-17H2,1-4H3. The fraction of sp³-hybridized carbons (Fsp3) is 0.259. The van der Waals surface area contributed by atoms with Crippen LogP contribution in [0.2, 0.25) is 0 Å². The van der Waals surface area contributed by atoms with E-state index in [0.29, 0.717) is 34.1 Å². The van der Waals surface area contributed by atoms with E-state index < -0.39 is 11.9 Å². The van der Waals surface area contributed by atoms with Crippen molar-refractivity contribution in [1.29, 1.82) is 0 Å². The molecule has 0 radical (unpaired) electrons. The maximum Gasteiger partial charge on any atom is 0.343 e. The first kappa shape index (κ1) is 28.6. The summed E-state index contributed by atoms with van der Waals surface area (Å²) in [5.41, 5.74) is 1.28. The number of benzene rings is 2. The Morgan fingerprint density at radius 1 is 0.622 bits per heavy atom. The van der Waals surface area contributed by atoms with Crippen LogP contribution >= 0.6 is 0 Å². The summed E-state index contributed by atoms with van der Waals surface area (Å²) < 4.78 is 30.3. The van der Waals surface area contributed by atoms with E-state index in [9.17, 15) is 19.2 Å². The molecule has 0 aromatic heterocycles. The van der Waals surface area contributed by atoms with Crippen LogP contribution in [-0.4, -0.2) is 65.2 Å². The average molecular weight is 513 g/mol. The second-order valence-electron chi connectivity index (χ2n) is 7.33. The van der Waals surface area contributed by atoms with Gasteiger partial charge in [-0.15, -0.1) is 0 Å². The van der Waals surface area contributed by atoms with Crippen LogP contribution in [0.5, 0.6) is 23.0 Å². The Hall–Kier alpha value is -4.60. The molecule has 0 aliphatic heterocycles. The van der Waals surface area contributed by atoms with Gasteiger partial charge >= 0.3 is 11.9 Å². The molecule has 2 aromatic carbocycles. The highest BCUT2D eigenvalue weighted by atomic mass is 16.6. The van der Waals surface area contributed by atoms with Crippen molar-refractivity contribution in [2.24, 2.45) is 0 Å². The molecule has 0 N–H and O–H groups in total. The van der Waals surface area contributed by atoms with Gasteiger partial charge < -0.3 is 28.4 Å². The van der Waals surface area contributed by atoms with E-state index in [0.717, 1.165) is 0 Å². The third-order valence-corrected chi connectivity index (χ3v) is 4.79. The molecule has 0 amide bonds. The van der Waals surface area contributed by atoms with Gasteiger partial charge in [0.25, 0.3) is 0 Å². The first-order valence-electron chi connectivity index (χ1n) is 11.0. The zero-order chi connectivity index (χ0) is 27.2. The minimum absolute atomic E-state index is 0.268. The number of ether oxygens (including phenoxy) is 6. The van der Waals surface area contributed by atoms with E-state index in [1.807, 2.05) is 0 Å². The van der Waals surface area contributed by atoms with Crippen molar-refractivity contribution in [3.05, 3.63) is 59.7 Å². The van der Waals surface area contributed by atoms with Crippen molar-refractivity contribution in [2.75, 3.05) is 41.7 Å². The monoisotopic (exact) mass is 512 g/mol. The van der Waals surface area contributed by atoms with Crippen molar-refractivity contribution in [1.82, 2.24) is 0 Å². The van der Waals surface area contributed by atoms with Crippen LogP contribution in [0.4, 0.5) is 0 Å². The van der Waals surface area contributed by atoms with E-state index in [2.05, 4.69) is 9.47 Å². The lowest BCUT2D eigenvalue weighted by Gasteiger charge is -2.10. The minimum atomic E-state index is -0.531. The number of rotatable bonds is 14. The molecule has 0 saturated heterocycles. The van der Waals surface area contributed by atoms with Gasteiger partial charge in [-0.3, -0.25) is 9.59 Å². The third-order valence-electron chi connectivity index (χ3n) is 4.79. The molecule has 0 unspecified atom stereocenters. The molecule has 2 rings (SSSR count). The number of allylic oxidation sites excluding steroid dienone is 2. The average Bonchev–Trinajstić information content (AvgIpc) is 2.92. The zero-order valence-corrected chi connectivity index (χ0v) is 21.0. The molecule has 196 valence electrons. The largest absolute Gasteiger partial charge is 0.493 e. The Kier molecular flexibility index (Phi) is 11.4. The molecule has 10 heteroatoms. The van der Waals surface area contributed by atoms with Crippen LogP contribution in [0, 0.1) is 0 Å². The number of hydrogen-bond donors (Lipinski definition) is 0. The first-order valence-corrected chi connectivity index (χ1v) is 11.0. The topological polar surface area (TPSA) is 124 Å². The van der Waals surface area contributed by atoms with Crippen LogP contribution in [0.1, 0.15) is 17.5 Å². The van der Waals surface area contributed by atoms with Gasteiger partial charge in [0.15, 0.2) is 47.8 Å². The first-order chi connectivity index (χ1) is 17.8. The normalized spacial score (nSPS) is 10.7. The highest BCUT2D eigenvalue weighted by Crippen LogP contribution is 2.29. The Morgan fingerprint density at radius 3 is 1.38 bits per heavy atom. The van der Waals surface area contributed by atoms with Gasteiger partial charge in [-0.25, -0.2) is 9.59 Å². The second-order valence-corrected chi connectivity index (χ2v) is 7.33. The molecule has 0 aliphatic rings. The molecule has 2 aromatic rings. The summed E-state index contributed by atoms with van der Waals surface area (Å²) in [6.45, 7) is -0.535. The van der Waals surface area contributed by atoms with Crippen molar-refractivity contribution in [3.8, 4) is 23.0 Å². The smallest absolute Gasteiger partial charge is 0.343 e. The highest BCUT2D eigenvalue weighted by Gasteiger charge is 2.10. The summed E-state index contributed by atoms with van der Waals surface area (Å²) in [4.78, 5) is 47.0. The molecule has 0 spiro atoms. The second kappa shape index (κ2) is 14.7. The Labute approximate surface area is 214 Å². The van der Waals surface area contributed by atoms with Crippen molar-refractivity contribution >= 4 is 35.7 Å². The molecule has 0 aliphatic carbocycles. The lowest BCUT2D eigenvalue weighted by Crippen LogP contribution is -2.12. The van der Waals surface area contributed by atoms with E-state index in [-0.39, 0.29) is 31.2 Å². The molecule has 37 heavy (non-hydrogen) atoms. The van der Waals surface area contributed by atoms with Gasteiger partial charge in [-0.1, -0.05) is 24.3 Å². The Bertz CT molecular complexity index is 1090. The van der Waals surface area contributed by atoms with Gasteiger partial charge in [0, 0.05) is 0 Å². The van der Waals surface area contributed by atoms with Gasteiger partial charge in [0.05, 0.1) is 34.9 Å². The van der Waals surface area contributed by atoms with Crippen LogP contribution in [0.3, 0.4) is 0 Å². The third kappa shape index (κ3) is 9.52. The summed E-state index contributed by atoms with van der Waals surface area (Å²) >= 11 is 0. The lowest BCUT2D eigenvalue weighted by atomic mass is 10.1. The van der Waals surface area contributed by atoms with E-state index >= 15 is 0 Å². The van der Waals surface area contributed by atoms with Crippen molar-refractivity contribution in [2.45, 2.75) is 6.42 Å². The van der Waals surface area contributed by atoms with Gasteiger partial charge in [-0.2, -0.15) is 0 Å². The van der Waals surface area contributed by atoms with Crippen molar-refractivity contribution < 1.29 is 47.6 Å². The summed E-state index contributed by atoms with van der Waals surface area (Å²) in [6, 6.07) is 9.80. The van der Waals surface area contributed by atoms with E-state index in [1.54, 1.807) is 48.6 Å². The number of carbonyl (C=O) groups is 4. The predicted molar refractivity (Wildman–Crippen MR) is 134 cm³/mol. The summed E-state index contributed by atoms with van der Waals surface area (Å²) in [7, 11) is 5.41. The Balaban J connectivity index is 1.95. The SMILES string of the molecule is COC(=O)COc1ccc(C=CC(=O)CC(=O)C=Cc2ccc(OCC(=O)OC)c(OC)c2)cc1OC. The fourth-order valence-corrected chi connectivity index (χ4v) is 2.87. The molecule has 10 nitrogen and oxygen atoms in total. The summed E-state index contributed by atoms with van der Waals surface area (Å²) in [6.07, 6.45) is 5.37. The van der Waals surface area contributed by atoms with Crippen LogP contribution < -0.4 is 18.9 Å². The fourth-order valence-electron chi connectivity index (χ4n) is 2.87. The van der Waals surface area contributed by atoms with Crippen LogP contribution in [0.15, 0.2) is 48.6 Å². The molecule has 0 heterocycles. The van der Waals surface area contributed by atoms with Gasteiger partial charge in [-0.05, 0) is 47.5 Å². The molecule has 0 saturated carbocycles. The number of ketones is 2. The van der Waals surface area contributed by atoms with E-state index in [1.165, 1.54) is 40.6 Å². The minimum Gasteiger partial charge on any atom is -0.493 e. The highest BCUT2D eigenvalue weighted by molar-refractivity contribution is 6.10. The zero-order valence-electron chi connectivity index (χ0n) is 21.0. The van der Waals surface area contributed by atoms with Gasteiger partial charge in [0.1, 0.15) is 0 Å². The molecule has 0 fully saturated rings. The maximum absolute atomic E-state index is 12.2. The maximum atomic E-state index is 12.2. The van der Waals surface area contributed by atoms with Crippen LogP contribution in [-0.2, 0) is 28.7 Å². The molecule has 0 atom stereocenters. The van der Waals surface area contributed by atoms with Crippen LogP contribution in [0.25, 0.3) is 12.2 Å². The Morgan fingerprint density at radius 2 is 1.03 bits per heavy atom. The quantitative estimate of drug-likeness (QED) is 0.212. The number of hydrogen-bond acceptors (Lipinski definition) is 10. The molecular formula is C27H28O10. The van der Waals surface area contributed by atoms with E-state index in [4.69, 9.17) is 18.9 Å². The molecule has 0 bridgehead atoms. The predicted octanol–water partition coefficient (Wildman–Crippen LogP) is 3.06. The molecular weight excluding hydrogens is 484 g/mol. The van der Waals surface area contributed by atoms with Gasteiger partial charge in [0.2, 0.25) is 0 Å².